The number of ether oxygens (including phenoxy) is 1. The molecule has 0 bridgehead atoms. The highest BCUT2D eigenvalue weighted by atomic mass is 16.5. The van der Waals surface area contributed by atoms with Crippen LogP contribution < -0.4 is 4.74 Å². The molecule has 4 rings (SSSR count). The van der Waals surface area contributed by atoms with Gasteiger partial charge in [-0.3, -0.25) is 0 Å². The van der Waals surface area contributed by atoms with E-state index in [4.69, 9.17) is 9.72 Å². The number of aromatic nitrogens is 2. The van der Waals surface area contributed by atoms with Crippen LogP contribution in [0, 0.1) is 13.8 Å². The van der Waals surface area contributed by atoms with E-state index in [1.165, 1.54) is 5.56 Å². The van der Waals surface area contributed by atoms with Gasteiger partial charge in [0.2, 0.25) is 0 Å². The lowest BCUT2D eigenvalue weighted by molar-refractivity contribution is 0.0921. The third-order valence-corrected chi connectivity index (χ3v) is 5.16. The predicted octanol–water partition coefficient (Wildman–Crippen LogP) is 4.68. The van der Waals surface area contributed by atoms with E-state index >= 15 is 0 Å². The van der Waals surface area contributed by atoms with Crippen LogP contribution in [0.3, 0.4) is 0 Å². The van der Waals surface area contributed by atoms with Gasteiger partial charge in [0.25, 0.3) is 0 Å². The normalized spacial score (nSPS) is 12.2. The summed E-state index contributed by atoms with van der Waals surface area (Å²) in [6.45, 7) is 4.72. The lowest BCUT2D eigenvalue weighted by atomic mass is 10.1. The summed E-state index contributed by atoms with van der Waals surface area (Å²) in [7, 11) is 0. The van der Waals surface area contributed by atoms with Crippen molar-refractivity contribution < 1.29 is 9.84 Å². The Hall–Kier alpha value is -3.11. The SMILES string of the molecule is Cc1cccc(C)c1OCC(O)Cn1c(Cc2ccccc2)nc2ccccc21. The summed E-state index contributed by atoms with van der Waals surface area (Å²) in [5, 5.41) is 10.7. The van der Waals surface area contributed by atoms with E-state index < -0.39 is 6.10 Å². The van der Waals surface area contributed by atoms with Gasteiger partial charge in [-0.2, -0.15) is 0 Å². The lowest BCUT2D eigenvalue weighted by Crippen LogP contribution is -2.25. The summed E-state index contributed by atoms with van der Waals surface area (Å²) >= 11 is 0. The second kappa shape index (κ2) is 8.50. The maximum absolute atomic E-state index is 10.7. The van der Waals surface area contributed by atoms with Gasteiger partial charge in [0.1, 0.15) is 24.3 Å². The van der Waals surface area contributed by atoms with Gasteiger partial charge in [-0.15, -0.1) is 0 Å². The zero-order valence-electron chi connectivity index (χ0n) is 16.9. The van der Waals surface area contributed by atoms with Crippen LogP contribution in [0.15, 0.2) is 72.8 Å². The van der Waals surface area contributed by atoms with Gasteiger partial charge < -0.3 is 14.4 Å². The van der Waals surface area contributed by atoms with Crippen LogP contribution in [0.2, 0.25) is 0 Å². The number of aliphatic hydroxyl groups excluding tert-OH is 1. The Labute approximate surface area is 171 Å². The molecular weight excluding hydrogens is 360 g/mol. The van der Waals surface area contributed by atoms with E-state index in [1.54, 1.807) is 0 Å². The number of nitrogens with zero attached hydrogens (tertiary/aromatic N) is 2. The molecule has 148 valence electrons. The van der Waals surface area contributed by atoms with Gasteiger partial charge in [0.15, 0.2) is 0 Å². The third kappa shape index (κ3) is 4.33. The van der Waals surface area contributed by atoms with E-state index in [1.807, 2.05) is 68.4 Å². The second-order valence-corrected chi connectivity index (χ2v) is 7.48. The number of fused-ring (bicyclic) bond motifs is 1. The fourth-order valence-corrected chi connectivity index (χ4v) is 3.71. The predicted molar refractivity (Wildman–Crippen MR) is 116 cm³/mol. The summed E-state index contributed by atoms with van der Waals surface area (Å²) < 4.78 is 8.08. The first-order valence-corrected chi connectivity index (χ1v) is 9.97. The molecule has 0 fully saturated rings. The Balaban J connectivity index is 1.55. The van der Waals surface area contributed by atoms with E-state index in [2.05, 4.69) is 22.8 Å². The molecule has 0 radical (unpaired) electrons. The molecule has 4 heteroatoms. The van der Waals surface area contributed by atoms with Gasteiger partial charge in [0.05, 0.1) is 17.6 Å². The van der Waals surface area contributed by atoms with Crippen molar-refractivity contribution in [2.45, 2.75) is 32.9 Å². The fraction of sp³-hybridized carbons (Fsp3) is 0.240. The number of imidazole rings is 1. The summed E-state index contributed by atoms with van der Waals surface area (Å²) in [6, 6.07) is 24.4. The van der Waals surface area contributed by atoms with Crippen molar-refractivity contribution >= 4 is 11.0 Å². The van der Waals surface area contributed by atoms with Gasteiger partial charge in [-0.25, -0.2) is 4.98 Å². The van der Waals surface area contributed by atoms with Crippen LogP contribution in [0.25, 0.3) is 11.0 Å². The average Bonchev–Trinajstić information content (AvgIpc) is 3.05. The minimum atomic E-state index is -0.638. The summed E-state index contributed by atoms with van der Waals surface area (Å²) in [4.78, 5) is 4.82. The number of hydrogen-bond donors (Lipinski definition) is 1. The van der Waals surface area contributed by atoms with Crippen LogP contribution in [0.4, 0.5) is 0 Å². The highest BCUT2D eigenvalue weighted by Crippen LogP contribution is 2.23. The van der Waals surface area contributed by atoms with Gasteiger partial charge >= 0.3 is 0 Å². The molecule has 0 aliphatic heterocycles. The summed E-state index contributed by atoms with van der Waals surface area (Å²) in [6.07, 6.45) is 0.0844. The zero-order chi connectivity index (χ0) is 20.2. The van der Waals surface area contributed by atoms with Gasteiger partial charge in [-0.05, 0) is 42.7 Å². The molecule has 4 nitrogen and oxygen atoms in total. The molecule has 0 aliphatic rings. The van der Waals surface area contributed by atoms with Gasteiger partial charge in [0, 0.05) is 6.42 Å². The monoisotopic (exact) mass is 386 g/mol. The summed E-state index contributed by atoms with van der Waals surface area (Å²) in [5.74, 6) is 1.80. The van der Waals surface area contributed by atoms with E-state index in [0.717, 1.165) is 40.2 Å². The van der Waals surface area contributed by atoms with Crippen LogP contribution in [0.1, 0.15) is 22.5 Å². The van der Waals surface area contributed by atoms with Crippen molar-refractivity contribution in [3.05, 3.63) is 95.3 Å². The van der Waals surface area contributed by atoms with Crippen molar-refractivity contribution in [1.29, 1.82) is 0 Å². The van der Waals surface area contributed by atoms with E-state index in [9.17, 15) is 5.11 Å². The molecule has 0 spiro atoms. The Morgan fingerprint density at radius 2 is 1.59 bits per heavy atom. The standard InChI is InChI=1S/C25H26N2O2/c1-18-9-8-10-19(2)25(18)29-17-21(28)16-27-23-14-7-6-13-22(23)26-24(27)15-20-11-4-3-5-12-20/h3-14,21,28H,15-17H2,1-2H3. The molecule has 1 heterocycles. The van der Waals surface area contributed by atoms with Crippen molar-refractivity contribution in [1.82, 2.24) is 9.55 Å². The molecule has 1 atom stereocenters. The van der Waals surface area contributed by atoms with Crippen molar-refractivity contribution in [3.63, 3.8) is 0 Å². The molecule has 1 aromatic heterocycles. The maximum atomic E-state index is 10.7. The molecule has 0 saturated heterocycles. The zero-order valence-corrected chi connectivity index (χ0v) is 16.9. The fourth-order valence-electron chi connectivity index (χ4n) is 3.71. The van der Waals surface area contributed by atoms with Crippen LogP contribution >= 0.6 is 0 Å². The molecule has 1 unspecified atom stereocenters. The first-order valence-electron chi connectivity index (χ1n) is 9.97. The Kier molecular flexibility index (Phi) is 5.63. The highest BCUT2D eigenvalue weighted by molar-refractivity contribution is 5.76. The second-order valence-electron chi connectivity index (χ2n) is 7.48. The molecule has 3 aromatic carbocycles. The topological polar surface area (TPSA) is 47.3 Å². The number of aliphatic hydroxyl groups is 1. The Bertz CT molecular complexity index is 1080. The minimum Gasteiger partial charge on any atom is -0.490 e. The minimum absolute atomic E-state index is 0.239. The Morgan fingerprint density at radius 3 is 2.34 bits per heavy atom. The molecule has 0 amide bonds. The molecule has 1 N–H and O–H groups in total. The van der Waals surface area contributed by atoms with Crippen molar-refractivity contribution in [3.8, 4) is 5.75 Å². The first-order chi connectivity index (χ1) is 14.1. The van der Waals surface area contributed by atoms with E-state index in [-0.39, 0.29) is 6.61 Å². The van der Waals surface area contributed by atoms with Gasteiger partial charge in [-0.1, -0.05) is 60.7 Å². The highest BCUT2D eigenvalue weighted by Gasteiger charge is 2.16. The number of aryl methyl sites for hydroxylation is 2. The lowest BCUT2D eigenvalue weighted by Gasteiger charge is -2.17. The average molecular weight is 386 g/mol. The van der Waals surface area contributed by atoms with E-state index in [0.29, 0.717) is 6.54 Å². The molecule has 29 heavy (non-hydrogen) atoms. The van der Waals surface area contributed by atoms with Crippen molar-refractivity contribution in [2.24, 2.45) is 0 Å². The molecule has 0 aliphatic carbocycles. The number of benzene rings is 3. The maximum Gasteiger partial charge on any atom is 0.125 e. The number of hydrogen-bond acceptors (Lipinski definition) is 3. The van der Waals surface area contributed by atoms with Crippen LogP contribution in [0.5, 0.6) is 5.75 Å². The molecular formula is C25H26N2O2. The summed E-state index contributed by atoms with van der Waals surface area (Å²) in [5.41, 5.74) is 5.33. The Morgan fingerprint density at radius 1 is 0.897 bits per heavy atom. The van der Waals surface area contributed by atoms with Crippen molar-refractivity contribution in [2.75, 3.05) is 6.61 Å². The molecule has 4 aromatic rings. The van der Waals surface area contributed by atoms with Crippen LogP contribution in [-0.4, -0.2) is 27.4 Å². The number of para-hydroxylation sites is 3. The largest absolute Gasteiger partial charge is 0.490 e. The third-order valence-electron chi connectivity index (χ3n) is 5.16. The quantitative estimate of drug-likeness (QED) is 0.501. The number of rotatable bonds is 7. The first kappa shape index (κ1) is 19.2. The smallest absolute Gasteiger partial charge is 0.125 e. The van der Waals surface area contributed by atoms with Crippen LogP contribution in [-0.2, 0) is 13.0 Å². The molecule has 0 saturated carbocycles.